The molecule has 22 heavy (non-hydrogen) atoms. The number of hydrogen-bond acceptors (Lipinski definition) is 3. The minimum atomic E-state index is -0.0659. The van der Waals surface area contributed by atoms with Crippen LogP contribution in [0.4, 0.5) is 0 Å². The number of aliphatic hydroxyl groups excluding tert-OH is 1. The van der Waals surface area contributed by atoms with Crippen LogP contribution in [0.3, 0.4) is 0 Å². The summed E-state index contributed by atoms with van der Waals surface area (Å²) in [7, 11) is 0. The van der Waals surface area contributed by atoms with E-state index in [1.165, 1.54) is 0 Å². The van der Waals surface area contributed by atoms with E-state index >= 15 is 0 Å². The second-order valence-electron chi connectivity index (χ2n) is 6.60. The predicted molar refractivity (Wildman–Crippen MR) is 86.4 cm³/mol. The molecule has 1 aliphatic rings. The van der Waals surface area contributed by atoms with Crippen LogP contribution in [0.5, 0.6) is 0 Å². The molecule has 0 saturated carbocycles. The van der Waals surface area contributed by atoms with Gasteiger partial charge in [-0.25, -0.2) is 4.98 Å². The number of carbonyl (C=O) groups excluding carboxylic acids is 1. The highest BCUT2D eigenvalue weighted by molar-refractivity contribution is 5.76. The molecule has 5 nitrogen and oxygen atoms in total. The number of aryl methyl sites for hydroxylation is 2. The molecule has 124 valence electrons. The first-order valence-corrected chi connectivity index (χ1v) is 8.46. The van der Waals surface area contributed by atoms with Crippen molar-refractivity contribution in [3.05, 3.63) is 18.2 Å². The molecule has 1 aromatic heterocycles. The van der Waals surface area contributed by atoms with E-state index in [4.69, 9.17) is 0 Å². The summed E-state index contributed by atoms with van der Waals surface area (Å²) in [5, 5.41) is 9.76. The van der Waals surface area contributed by atoms with Gasteiger partial charge in [-0.05, 0) is 32.6 Å². The van der Waals surface area contributed by atoms with Gasteiger partial charge in [-0.1, -0.05) is 13.3 Å². The maximum atomic E-state index is 12.4. The molecule has 0 radical (unpaired) electrons. The summed E-state index contributed by atoms with van der Waals surface area (Å²) in [5.41, 5.74) is -0.0659. The topological polar surface area (TPSA) is 58.4 Å². The molecule has 0 spiro atoms. The van der Waals surface area contributed by atoms with Crippen molar-refractivity contribution in [2.75, 3.05) is 19.7 Å². The van der Waals surface area contributed by atoms with Crippen molar-refractivity contribution in [1.29, 1.82) is 0 Å². The quantitative estimate of drug-likeness (QED) is 0.841. The summed E-state index contributed by atoms with van der Waals surface area (Å²) >= 11 is 0. The highest BCUT2D eigenvalue weighted by Gasteiger charge is 2.35. The summed E-state index contributed by atoms with van der Waals surface area (Å²) in [5.74, 6) is 1.22. The molecule has 0 aromatic carbocycles. The van der Waals surface area contributed by atoms with Crippen LogP contribution < -0.4 is 0 Å². The number of carbonyl (C=O) groups is 1. The van der Waals surface area contributed by atoms with Gasteiger partial charge in [0.2, 0.25) is 5.91 Å². The van der Waals surface area contributed by atoms with Crippen LogP contribution in [0, 0.1) is 12.3 Å². The van der Waals surface area contributed by atoms with Gasteiger partial charge >= 0.3 is 0 Å². The molecule has 1 aliphatic heterocycles. The van der Waals surface area contributed by atoms with Gasteiger partial charge in [0, 0.05) is 43.9 Å². The van der Waals surface area contributed by atoms with Crippen LogP contribution in [0.2, 0.25) is 0 Å². The van der Waals surface area contributed by atoms with Gasteiger partial charge in [0.1, 0.15) is 5.82 Å². The van der Waals surface area contributed by atoms with E-state index in [0.717, 1.165) is 57.6 Å². The Kier molecular flexibility index (Phi) is 6.00. The largest absolute Gasteiger partial charge is 0.396 e. The summed E-state index contributed by atoms with van der Waals surface area (Å²) in [6.07, 6.45) is 9.27. The predicted octanol–water partition coefficient (Wildman–Crippen LogP) is 2.37. The number of amides is 1. The fourth-order valence-corrected chi connectivity index (χ4v) is 3.56. The maximum Gasteiger partial charge on any atom is 0.222 e. The molecule has 0 bridgehead atoms. The zero-order valence-electron chi connectivity index (χ0n) is 13.9. The van der Waals surface area contributed by atoms with Crippen molar-refractivity contribution in [1.82, 2.24) is 14.5 Å². The molecule has 5 heteroatoms. The number of hydrogen-bond donors (Lipinski definition) is 1. The van der Waals surface area contributed by atoms with E-state index in [2.05, 4.69) is 16.5 Å². The van der Waals surface area contributed by atoms with Crippen molar-refractivity contribution in [3.63, 3.8) is 0 Å². The minimum absolute atomic E-state index is 0.0659. The zero-order valence-corrected chi connectivity index (χ0v) is 13.9. The highest BCUT2D eigenvalue weighted by Crippen LogP contribution is 2.34. The molecule has 1 N–H and O–H groups in total. The monoisotopic (exact) mass is 307 g/mol. The number of aromatic nitrogens is 2. The number of imidazole rings is 1. The Morgan fingerprint density at radius 1 is 1.50 bits per heavy atom. The molecule has 1 aromatic rings. The van der Waals surface area contributed by atoms with Crippen LogP contribution in [0.15, 0.2) is 12.4 Å². The summed E-state index contributed by atoms with van der Waals surface area (Å²) < 4.78 is 2.08. The van der Waals surface area contributed by atoms with E-state index in [1.54, 1.807) is 6.20 Å². The second-order valence-corrected chi connectivity index (χ2v) is 6.60. The Balaban J connectivity index is 1.82. The lowest BCUT2D eigenvalue weighted by Crippen LogP contribution is -2.47. The van der Waals surface area contributed by atoms with Gasteiger partial charge < -0.3 is 14.6 Å². The van der Waals surface area contributed by atoms with Crippen LogP contribution in [-0.4, -0.2) is 45.2 Å². The van der Waals surface area contributed by atoms with E-state index in [-0.39, 0.29) is 17.9 Å². The first-order chi connectivity index (χ1) is 10.6. The van der Waals surface area contributed by atoms with Crippen LogP contribution in [0.1, 0.15) is 51.3 Å². The molecule has 2 heterocycles. The molecular formula is C17H29N3O2. The van der Waals surface area contributed by atoms with Crippen molar-refractivity contribution < 1.29 is 9.90 Å². The Morgan fingerprint density at radius 3 is 2.95 bits per heavy atom. The molecule has 0 unspecified atom stereocenters. The summed E-state index contributed by atoms with van der Waals surface area (Å²) in [6.45, 7) is 6.72. The fourth-order valence-electron chi connectivity index (χ4n) is 3.56. The average Bonchev–Trinajstić information content (AvgIpc) is 2.93. The normalized spacial score (nSPS) is 22.0. The highest BCUT2D eigenvalue weighted by atomic mass is 16.3. The van der Waals surface area contributed by atoms with E-state index in [0.29, 0.717) is 6.42 Å². The lowest BCUT2D eigenvalue weighted by atomic mass is 9.77. The molecule has 2 rings (SSSR count). The average molecular weight is 307 g/mol. The second kappa shape index (κ2) is 7.77. The minimum Gasteiger partial charge on any atom is -0.396 e. The Hall–Kier alpha value is -1.36. The molecule has 1 saturated heterocycles. The van der Waals surface area contributed by atoms with E-state index < -0.39 is 0 Å². The Bertz CT molecular complexity index is 482. The van der Waals surface area contributed by atoms with Gasteiger partial charge in [-0.3, -0.25) is 4.79 Å². The van der Waals surface area contributed by atoms with Gasteiger partial charge in [-0.15, -0.1) is 0 Å². The van der Waals surface area contributed by atoms with Crippen LogP contribution in [0.25, 0.3) is 0 Å². The molecule has 1 atom stereocenters. The summed E-state index contributed by atoms with van der Waals surface area (Å²) in [4.78, 5) is 18.6. The number of piperidine rings is 1. The first kappa shape index (κ1) is 17.0. The first-order valence-electron chi connectivity index (χ1n) is 8.46. The van der Waals surface area contributed by atoms with Gasteiger partial charge in [0.15, 0.2) is 0 Å². The molecule has 1 amide bonds. The third-order valence-electron chi connectivity index (χ3n) is 4.84. The third-order valence-corrected chi connectivity index (χ3v) is 4.84. The van der Waals surface area contributed by atoms with Crippen LogP contribution >= 0.6 is 0 Å². The van der Waals surface area contributed by atoms with Crippen molar-refractivity contribution in [2.24, 2.45) is 5.41 Å². The van der Waals surface area contributed by atoms with E-state index in [9.17, 15) is 9.90 Å². The SMILES string of the molecule is CCC[C@@]1(CO)CCCN(C(=O)CCCn2ccnc2C)C1. The van der Waals surface area contributed by atoms with Crippen LogP contribution in [-0.2, 0) is 11.3 Å². The van der Waals surface area contributed by atoms with Gasteiger partial charge in [0.05, 0.1) is 6.61 Å². The van der Waals surface area contributed by atoms with Gasteiger partial charge in [-0.2, -0.15) is 0 Å². The lowest BCUT2D eigenvalue weighted by Gasteiger charge is -2.42. The Morgan fingerprint density at radius 2 is 2.32 bits per heavy atom. The number of rotatable bonds is 7. The fraction of sp³-hybridized carbons (Fsp3) is 0.765. The summed E-state index contributed by atoms with van der Waals surface area (Å²) in [6, 6.07) is 0. The van der Waals surface area contributed by atoms with Crippen molar-refractivity contribution in [3.8, 4) is 0 Å². The van der Waals surface area contributed by atoms with Crippen molar-refractivity contribution in [2.45, 2.75) is 58.9 Å². The smallest absolute Gasteiger partial charge is 0.222 e. The molecule has 1 fully saturated rings. The zero-order chi connectivity index (χ0) is 16.0. The maximum absolute atomic E-state index is 12.4. The Labute approximate surface area is 133 Å². The number of nitrogens with zero attached hydrogens (tertiary/aromatic N) is 3. The van der Waals surface area contributed by atoms with Crippen molar-refractivity contribution >= 4 is 5.91 Å². The number of likely N-dealkylation sites (tertiary alicyclic amines) is 1. The molecule has 0 aliphatic carbocycles. The van der Waals surface area contributed by atoms with E-state index in [1.807, 2.05) is 18.0 Å². The standard InChI is InChI=1S/C17H29N3O2/c1-3-7-17(14-21)8-5-11-20(13-17)16(22)6-4-10-19-12-9-18-15(19)2/h9,12,21H,3-8,10-11,13-14H2,1-2H3/t17-/m1/s1. The lowest BCUT2D eigenvalue weighted by molar-refractivity contribution is -0.135. The third kappa shape index (κ3) is 4.09. The molecular weight excluding hydrogens is 278 g/mol. The number of aliphatic hydroxyl groups is 1. The van der Waals surface area contributed by atoms with Gasteiger partial charge in [0.25, 0.3) is 0 Å².